The third-order valence-electron chi connectivity index (χ3n) is 3.35. The molecule has 0 aromatic carbocycles. The van der Waals surface area contributed by atoms with Gasteiger partial charge < -0.3 is 9.73 Å². The molecule has 1 aliphatic rings. The minimum Gasteiger partial charge on any atom is -0.465 e. The van der Waals surface area contributed by atoms with Crippen molar-refractivity contribution >= 4 is 0 Å². The Morgan fingerprint density at radius 3 is 2.76 bits per heavy atom. The topological polar surface area (TPSA) is 28.4 Å². The standard InChI is InChI=1S/C14H24N2O/c1-10(2)15-8-12-7-14(17-11(12)3)9-16(4)13-5-6-13/h7,10,13,15H,5-6,8-9H2,1-4H3. The van der Waals surface area contributed by atoms with Gasteiger partial charge in [0, 0.05) is 24.2 Å². The summed E-state index contributed by atoms with van der Waals surface area (Å²) in [5.74, 6) is 2.15. The van der Waals surface area contributed by atoms with E-state index >= 15 is 0 Å². The van der Waals surface area contributed by atoms with Crippen LogP contribution in [0.1, 0.15) is 43.8 Å². The Bertz CT molecular complexity index is 366. The van der Waals surface area contributed by atoms with Crippen LogP contribution in [0.4, 0.5) is 0 Å². The van der Waals surface area contributed by atoms with Crippen LogP contribution >= 0.6 is 0 Å². The van der Waals surface area contributed by atoms with E-state index in [2.05, 4.69) is 44.1 Å². The van der Waals surface area contributed by atoms with Crippen molar-refractivity contribution in [2.24, 2.45) is 0 Å². The lowest BCUT2D eigenvalue weighted by molar-refractivity contribution is 0.283. The molecule has 1 aromatic rings. The van der Waals surface area contributed by atoms with Crippen LogP contribution in [0.25, 0.3) is 0 Å². The first-order valence-electron chi connectivity index (χ1n) is 6.58. The molecular formula is C14H24N2O. The van der Waals surface area contributed by atoms with Crippen molar-refractivity contribution in [2.45, 2.75) is 58.8 Å². The summed E-state index contributed by atoms with van der Waals surface area (Å²) in [6.07, 6.45) is 2.69. The Morgan fingerprint density at radius 2 is 2.18 bits per heavy atom. The fourth-order valence-electron chi connectivity index (χ4n) is 2.05. The molecule has 0 bridgehead atoms. The number of hydrogen-bond acceptors (Lipinski definition) is 3. The van der Waals surface area contributed by atoms with Crippen LogP contribution in [0.5, 0.6) is 0 Å². The van der Waals surface area contributed by atoms with Crippen LogP contribution in [0.3, 0.4) is 0 Å². The van der Waals surface area contributed by atoms with E-state index in [-0.39, 0.29) is 0 Å². The first-order chi connectivity index (χ1) is 8.06. The van der Waals surface area contributed by atoms with Crippen molar-refractivity contribution in [2.75, 3.05) is 7.05 Å². The monoisotopic (exact) mass is 236 g/mol. The number of hydrogen-bond donors (Lipinski definition) is 1. The fourth-order valence-corrected chi connectivity index (χ4v) is 2.05. The Hall–Kier alpha value is -0.800. The summed E-state index contributed by atoms with van der Waals surface area (Å²) < 4.78 is 5.81. The zero-order valence-corrected chi connectivity index (χ0v) is 11.4. The van der Waals surface area contributed by atoms with Gasteiger partial charge in [0.15, 0.2) is 0 Å². The maximum atomic E-state index is 5.81. The molecule has 1 heterocycles. The van der Waals surface area contributed by atoms with E-state index in [0.717, 1.165) is 30.7 Å². The minimum absolute atomic E-state index is 0.516. The fraction of sp³-hybridized carbons (Fsp3) is 0.714. The second kappa shape index (κ2) is 5.23. The molecule has 0 amide bonds. The molecule has 1 aliphatic carbocycles. The van der Waals surface area contributed by atoms with Gasteiger partial charge in [-0.2, -0.15) is 0 Å². The van der Waals surface area contributed by atoms with Gasteiger partial charge >= 0.3 is 0 Å². The summed E-state index contributed by atoms with van der Waals surface area (Å²) in [6.45, 7) is 8.22. The van der Waals surface area contributed by atoms with Crippen LogP contribution in [-0.4, -0.2) is 24.0 Å². The molecule has 3 heteroatoms. The Labute approximate surface area is 104 Å². The summed E-state index contributed by atoms with van der Waals surface area (Å²) in [5.41, 5.74) is 1.29. The van der Waals surface area contributed by atoms with Crippen molar-refractivity contribution in [1.29, 1.82) is 0 Å². The Kier molecular flexibility index (Phi) is 3.89. The van der Waals surface area contributed by atoms with E-state index in [4.69, 9.17) is 4.42 Å². The first-order valence-corrected chi connectivity index (χ1v) is 6.58. The predicted molar refractivity (Wildman–Crippen MR) is 69.9 cm³/mol. The van der Waals surface area contributed by atoms with Gasteiger partial charge in [-0.15, -0.1) is 0 Å². The lowest BCUT2D eigenvalue weighted by Crippen LogP contribution is -2.22. The number of aryl methyl sites for hydroxylation is 1. The second-order valence-electron chi connectivity index (χ2n) is 5.48. The van der Waals surface area contributed by atoms with Gasteiger partial charge in [0.1, 0.15) is 11.5 Å². The van der Waals surface area contributed by atoms with Crippen molar-refractivity contribution < 1.29 is 4.42 Å². The summed E-state index contributed by atoms with van der Waals surface area (Å²) in [7, 11) is 2.18. The molecule has 2 rings (SSSR count). The Balaban J connectivity index is 1.92. The van der Waals surface area contributed by atoms with Gasteiger partial charge in [0.2, 0.25) is 0 Å². The van der Waals surface area contributed by atoms with Crippen LogP contribution < -0.4 is 5.32 Å². The Morgan fingerprint density at radius 1 is 1.47 bits per heavy atom. The first kappa shape index (κ1) is 12.7. The van der Waals surface area contributed by atoms with Gasteiger partial charge in [-0.05, 0) is 32.9 Å². The van der Waals surface area contributed by atoms with Crippen molar-refractivity contribution in [1.82, 2.24) is 10.2 Å². The summed E-state index contributed by atoms with van der Waals surface area (Å²) in [5, 5.41) is 3.43. The lowest BCUT2D eigenvalue weighted by Gasteiger charge is -2.12. The zero-order valence-electron chi connectivity index (χ0n) is 11.4. The lowest BCUT2D eigenvalue weighted by atomic mass is 10.2. The molecule has 1 aromatic heterocycles. The highest BCUT2D eigenvalue weighted by Crippen LogP contribution is 2.27. The molecule has 0 radical (unpaired) electrons. The van der Waals surface area contributed by atoms with Gasteiger partial charge in [-0.1, -0.05) is 13.8 Å². The summed E-state index contributed by atoms with van der Waals surface area (Å²) in [4.78, 5) is 2.39. The van der Waals surface area contributed by atoms with Gasteiger partial charge in [-0.25, -0.2) is 0 Å². The minimum atomic E-state index is 0.516. The maximum absolute atomic E-state index is 5.81. The van der Waals surface area contributed by atoms with Crippen LogP contribution in [0.2, 0.25) is 0 Å². The molecule has 0 atom stereocenters. The molecular weight excluding hydrogens is 212 g/mol. The molecule has 0 saturated heterocycles. The summed E-state index contributed by atoms with van der Waals surface area (Å²) in [6, 6.07) is 3.50. The second-order valence-corrected chi connectivity index (χ2v) is 5.48. The smallest absolute Gasteiger partial charge is 0.118 e. The molecule has 17 heavy (non-hydrogen) atoms. The zero-order chi connectivity index (χ0) is 12.4. The van der Waals surface area contributed by atoms with Crippen LogP contribution in [0, 0.1) is 6.92 Å². The highest BCUT2D eigenvalue weighted by Gasteiger charge is 2.26. The molecule has 0 aliphatic heterocycles. The maximum Gasteiger partial charge on any atom is 0.118 e. The number of nitrogens with one attached hydrogen (secondary N) is 1. The van der Waals surface area contributed by atoms with Crippen LogP contribution in [-0.2, 0) is 13.1 Å². The predicted octanol–water partition coefficient (Wildman–Crippen LogP) is 2.68. The third-order valence-corrected chi connectivity index (χ3v) is 3.35. The quantitative estimate of drug-likeness (QED) is 0.823. The van der Waals surface area contributed by atoms with Gasteiger partial charge in [0.05, 0.1) is 6.54 Å². The molecule has 3 nitrogen and oxygen atoms in total. The largest absolute Gasteiger partial charge is 0.465 e. The number of nitrogens with zero attached hydrogens (tertiary/aromatic N) is 1. The molecule has 1 fully saturated rings. The van der Waals surface area contributed by atoms with E-state index in [9.17, 15) is 0 Å². The number of furan rings is 1. The van der Waals surface area contributed by atoms with Crippen molar-refractivity contribution in [3.8, 4) is 0 Å². The SMILES string of the molecule is Cc1oc(CN(C)C2CC2)cc1CNC(C)C. The molecule has 1 N–H and O–H groups in total. The van der Waals surface area contributed by atoms with Crippen LogP contribution in [0.15, 0.2) is 10.5 Å². The van der Waals surface area contributed by atoms with E-state index in [0.29, 0.717) is 6.04 Å². The highest BCUT2D eigenvalue weighted by atomic mass is 16.3. The average Bonchev–Trinajstić information content (AvgIpc) is 3.02. The number of rotatable bonds is 6. The van der Waals surface area contributed by atoms with Crippen molar-refractivity contribution in [3.63, 3.8) is 0 Å². The van der Waals surface area contributed by atoms with Crippen molar-refractivity contribution in [3.05, 3.63) is 23.2 Å². The summed E-state index contributed by atoms with van der Waals surface area (Å²) >= 11 is 0. The van der Waals surface area contributed by atoms with E-state index in [1.807, 2.05) is 0 Å². The molecule has 0 unspecified atom stereocenters. The van der Waals surface area contributed by atoms with Gasteiger partial charge in [-0.3, -0.25) is 4.90 Å². The van der Waals surface area contributed by atoms with E-state index < -0.39 is 0 Å². The molecule has 1 saturated carbocycles. The van der Waals surface area contributed by atoms with E-state index in [1.165, 1.54) is 18.4 Å². The molecule has 96 valence electrons. The highest BCUT2D eigenvalue weighted by molar-refractivity contribution is 5.20. The average molecular weight is 236 g/mol. The third kappa shape index (κ3) is 3.58. The van der Waals surface area contributed by atoms with Gasteiger partial charge in [0.25, 0.3) is 0 Å². The van der Waals surface area contributed by atoms with E-state index in [1.54, 1.807) is 0 Å². The normalized spacial score (nSPS) is 16.1. The molecule has 0 spiro atoms.